The number of para-hydroxylation sites is 1. The molecule has 0 unspecified atom stereocenters. The maximum Gasteiger partial charge on any atom is 0.282 e. The van der Waals surface area contributed by atoms with Gasteiger partial charge in [-0.15, -0.1) is 0 Å². The van der Waals surface area contributed by atoms with Gasteiger partial charge in [-0.1, -0.05) is 18.2 Å². The van der Waals surface area contributed by atoms with Crippen LogP contribution in [0.3, 0.4) is 0 Å². The molecular formula is C28H27N9O8. The van der Waals surface area contributed by atoms with E-state index >= 15 is 0 Å². The van der Waals surface area contributed by atoms with Crippen LogP contribution in [0.4, 0.5) is 34.6 Å². The van der Waals surface area contributed by atoms with Crippen molar-refractivity contribution in [2.75, 3.05) is 44.6 Å². The van der Waals surface area contributed by atoms with E-state index < -0.39 is 9.85 Å². The van der Waals surface area contributed by atoms with E-state index in [0.717, 1.165) is 0 Å². The Morgan fingerprint density at radius 2 is 1.09 bits per heavy atom. The van der Waals surface area contributed by atoms with Crippen LogP contribution >= 0.6 is 0 Å². The Hall–Kier alpha value is -6.52. The van der Waals surface area contributed by atoms with Gasteiger partial charge in [-0.3, -0.25) is 31.1 Å². The molecule has 0 fully saturated rings. The van der Waals surface area contributed by atoms with Crippen LogP contribution < -0.4 is 35.1 Å². The van der Waals surface area contributed by atoms with Crippen LogP contribution in [-0.2, 0) is 0 Å². The molecule has 0 saturated heterocycles. The van der Waals surface area contributed by atoms with E-state index in [0.29, 0.717) is 5.69 Å². The first kappa shape index (κ1) is 31.4. The molecule has 0 amide bonds. The van der Waals surface area contributed by atoms with E-state index in [4.69, 9.17) is 18.9 Å². The highest BCUT2D eigenvalue weighted by Crippen LogP contribution is 2.35. The van der Waals surface area contributed by atoms with Crippen LogP contribution in [0.2, 0.25) is 0 Å². The van der Waals surface area contributed by atoms with Crippen LogP contribution in [0.15, 0.2) is 70.9 Å². The highest BCUT2D eigenvalue weighted by molar-refractivity contribution is 5.88. The van der Waals surface area contributed by atoms with Gasteiger partial charge in [-0.05, 0) is 24.3 Å². The molecule has 0 aliphatic carbocycles. The van der Waals surface area contributed by atoms with Crippen molar-refractivity contribution in [3.63, 3.8) is 0 Å². The lowest BCUT2D eigenvalue weighted by Gasteiger charge is -2.10. The minimum absolute atomic E-state index is 0.140. The lowest BCUT2D eigenvalue weighted by atomic mass is 10.1. The van der Waals surface area contributed by atoms with Crippen molar-refractivity contribution < 1.29 is 28.8 Å². The molecule has 17 nitrogen and oxygen atoms in total. The Balaban J connectivity index is 1.64. The summed E-state index contributed by atoms with van der Waals surface area (Å²) in [5, 5.41) is 34.6. The number of nitro groups is 2. The number of methoxy groups -OCH3 is 4. The monoisotopic (exact) mass is 617 g/mol. The van der Waals surface area contributed by atoms with Gasteiger partial charge in [0.1, 0.15) is 0 Å². The second-order valence-corrected chi connectivity index (χ2v) is 8.74. The van der Waals surface area contributed by atoms with Gasteiger partial charge >= 0.3 is 0 Å². The van der Waals surface area contributed by atoms with Gasteiger partial charge in [0.2, 0.25) is 5.95 Å². The van der Waals surface area contributed by atoms with Gasteiger partial charge in [0, 0.05) is 11.8 Å². The van der Waals surface area contributed by atoms with Crippen molar-refractivity contribution in [3.05, 3.63) is 92.0 Å². The largest absolute Gasteiger partial charge is 0.493 e. The second kappa shape index (κ2) is 14.6. The van der Waals surface area contributed by atoms with Gasteiger partial charge < -0.3 is 24.3 Å². The van der Waals surface area contributed by atoms with Gasteiger partial charge in [0.25, 0.3) is 11.4 Å². The van der Waals surface area contributed by atoms with Gasteiger partial charge in [0.05, 0.1) is 74.0 Å². The van der Waals surface area contributed by atoms with Crippen LogP contribution in [0.25, 0.3) is 0 Å². The summed E-state index contributed by atoms with van der Waals surface area (Å²) in [6.07, 6.45) is 2.46. The third kappa shape index (κ3) is 7.86. The zero-order valence-corrected chi connectivity index (χ0v) is 24.4. The molecule has 0 atom stereocenters. The van der Waals surface area contributed by atoms with Crippen molar-refractivity contribution in [2.24, 2.45) is 10.2 Å². The number of nitrogens with zero attached hydrogens (tertiary/aromatic N) is 6. The number of rotatable bonds is 14. The fraction of sp³-hybridized carbons (Fsp3) is 0.143. The fourth-order valence-electron chi connectivity index (χ4n) is 3.90. The molecule has 3 aromatic carbocycles. The fourth-order valence-corrected chi connectivity index (χ4v) is 3.90. The smallest absolute Gasteiger partial charge is 0.282 e. The Morgan fingerprint density at radius 3 is 1.49 bits per heavy atom. The van der Waals surface area contributed by atoms with Crippen LogP contribution in [0.1, 0.15) is 11.1 Å². The highest BCUT2D eigenvalue weighted by Gasteiger charge is 2.19. The molecule has 0 aliphatic heterocycles. The summed E-state index contributed by atoms with van der Waals surface area (Å²) in [5.41, 5.74) is 5.90. The number of aromatic nitrogens is 2. The maximum atomic E-state index is 11.6. The van der Waals surface area contributed by atoms with E-state index in [2.05, 4.69) is 36.3 Å². The summed E-state index contributed by atoms with van der Waals surface area (Å²) < 4.78 is 20.8. The molecule has 1 heterocycles. The van der Waals surface area contributed by atoms with E-state index in [1.165, 1.54) is 71.2 Å². The van der Waals surface area contributed by atoms with Gasteiger partial charge in [0.15, 0.2) is 34.6 Å². The van der Waals surface area contributed by atoms with Crippen molar-refractivity contribution in [1.82, 2.24) is 9.97 Å². The average Bonchev–Trinajstić information content (AvgIpc) is 3.04. The lowest BCUT2D eigenvalue weighted by Crippen LogP contribution is -2.05. The molecule has 0 saturated carbocycles. The zero-order chi connectivity index (χ0) is 32.3. The molecule has 45 heavy (non-hydrogen) atoms. The van der Waals surface area contributed by atoms with Crippen LogP contribution in [0.5, 0.6) is 23.0 Å². The minimum Gasteiger partial charge on any atom is -0.493 e. The van der Waals surface area contributed by atoms with E-state index in [-0.39, 0.29) is 63.1 Å². The van der Waals surface area contributed by atoms with Gasteiger partial charge in [-0.25, -0.2) is 0 Å². The molecule has 0 spiro atoms. The number of nitrogens with one attached hydrogen (secondary N) is 3. The average molecular weight is 618 g/mol. The maximum absolute atomic E-state index is 11.6. The standard InChI is InChI=1S/C28H27N9O8/c1-42-22-10-17(20(36(38)39)12-24(22)44-3)15-29-34-26-14-27(33-28(32-26)31-19-8-6-5-7-9-19)35-30-16-18-11-23(43-2)25(45-4)13-21(18)37(40)41/h5-16H,1-4H3,(H3,31,32,33,34,35). The minimum atomic E-state index is -0.571. The summed E-state index contributed by atoms with van der Waals surface area (Å²) in [4.78, 5) is 30.9. The van der Waals surface area contributed by atoms with Crippen LogP contribution in [-0.4, -0.2) is 60.7 Å². The molecule has 0 bridgehead atoms. The van der Waals surface area contributed by atoms with Crippen molar-refractivity contribution in [1.29, 1.82) is 0 Å². The Bertz CT molecular complexity index is 1650. The van der Waals surface area contributed by atoms with Crippen molar-refractivity contribution >= 4 is 47.1 Å². The summed E-state index contributed by atoms with van der Waals surface area (Å²) in [6.45, 7) is 0. The molecule has 1 aromatic heterocycles. The number of ether oxygens (including phenoxy) is 4. The SMILES string of the molecule is COc1cc(C=NNc2cc(NN=Cc3cc(OC)c(OC)cc3[N+](=O)[O-])nc(Nc3ccccc3)n2)c([N+](=O)[O-])cc1OC. The molecule has 4 rings (SSSR count). The van der Waals surface area contributed by atoms with E-state index in [1.54, 1.807) is 12.1 Å². The quantitative estimate of drug-likeness (QED) is 0.0971. The highest BCUT2D eigenvalue weighted by atomic mass is 16.6. The van der Waals surface area contributed by atoms with E-state index in [9.17, 15) is 20.2 Å². The van der Waals surface area contributed by atoms with Crippen LogP contribution in [0, 0.1) is 20.2 Å². The number of benzene rings is 3. The number of anilines is 4. The Labute approximate surface area is 255 Å². The molecule has 232 valence electrons. The number of hydrogen-bond acceptors (Lipinski definition) is 15. The summed E-state index contributed by atoms with van der Waals surface area (Å²) in [5.74, 6) is 1.44. The number of hydrogen-bond donors (Lipinski definition) is 3. The zero-order valence-electron chi connectivity index (χ0n) is 24.4. The van der Waals surface area contributed by atoms with Crippen molar-refractivity contribution in [2.45, 2.75) is 0 Å². The molecule has 17 heteroatoms. The summed E-state index contributed by atoms with van der Waals surface area (Å²) >= 11 is 0. The summed E-state index contributed by atoms with van der Waals surface area (Å²) in [6, 6.07) is 15.9. The normalized spacial score (nSPS) is 10.8. The first-order valence-corrected chi connectivity index (χ1v) is 12.9. The summed E-state index contributed by atoms with van der Waals surface area (Å²) in [7, 11) is 5.56. The Morgan fingerprint density at radius 1 is 0.667 bits per heavy atom. The molecule has 3 N–H and O–H groups in total. The lowest BCUT2D eigenvalue weighted by molar-refractivity contribution is -0.385. The third-order valence-electron chi connectivity index (χ3n) is 5.98. The first-order valence-electron chi connectivity index (χ1n) is 12.9. The third-order valence-corrected chi connectivity index (χ3v) is 5.98. The predicted molar refractivity (Wildman–Crippen MR) is 167 cm³/mol. The topological polar surface area (TPSA) is 210 Å². The van der Waals surface area contributed by atoms with Gasteiger partial charge in [-0.2, -0.15) is 20.2 Å². The molecule has 0 radical (unpaired) electrons. The Kier molecular flexibility index (Phi) is 10.2. The van der Waals surface area contributed by atoms with E-state index in [1.807, 2.05) is 18.2 Å². The van der Waals surface area contributed by atoms with Crippen molar-refractivity contribution in [3.8, 4) is 23.0 Å². The second-order valence-electron chi connectivity index (χ2n) is 8.74. The number of nitro benzene ring substituents is 2. The molecule has 4 aromatic rings. The first-order chi connectivity index (χ1) is 21.8. The predicted octanol–water partition coefficient (Wildman–Crippen LogP) is 4.96. The molecular weight excluding hydrogens is 590 g/mol. The number of hydrazone groups is 2. The molecule has 0 aliphatic rings.